The Morgan fingerprint density at radius 1 is 1.00 bits per heavy atom. The van der Waals surface area contributed by atoms with Gasteiger partial charge in [0.1, 0.15) is 0 Å². The summed E-state index contributed by atoms with van der Waals surface area (Å²) in [6, 6.07) is -0.212. The van der Waals surface area contributed by atoms with Crippen molar-refractivity contribution in [2.75, 3.05) is 0 Å². The van der Waals surface area contributed by atoms with Gasteiger partial charge in [0.05, 0.1) is 12.1 Å². The van der Waals surface area contributed by atoms with Gasteiger partial charge in [0.25, 0.3) is 0 Å². The summed E-state index contributed by atoms with van der Waals surface area (Å²) in [4.78, 5) is 3.02. The first-order valence-electron chi connectivity index (χ1n) is 13.4. The average Bonchev–Trinajstić information content (AvgIpc) is 3.06. The first-order valence-corrected chi connectivity index (χ1v) is 13.4. The van der Waals surface area contributed by atoms with Crippen molar-refractivity contribution in [1.82, 2.24) is 0 Å². The Morgan fingerprint density at radius 3 is 2.45 bits per heavy atom. The fourth-order valence-corrected chi connectivity index (χ4v) is 9.49. The minimum absolute atomic E-state index is 0.212. The molecule has 0 aromatic heterocycles. The number of rotatable bonds is 6. The van der Waals surface area contributed by atoms with Crippen LogP contribution in [0.3, 0.4) is 0 Å². The number of aliphatic hydroxyl groups excluding tert-OH is 1. The minimum atomic E-state index is -0.457. The molecule has 176 valence electrons. The van der Waals surface area contributed by atoms with E-state index in [0.29, 0.717) is 11.3 Å². The molecular weight excluding hydrogens is 382 g/mol. The van der Waals surface area contributed by atoms with Gasteiger partial charge in [0, 0.05) is 4.91 Å². The molecular formula is C27H47N3O. The molecule has 0 spiro atoms. The Balaban J connectivity index is 1.48. The van der Waals surface area contributed by atoms with Crippen molar-refractivity contribution in [3.63, 3.8) is 0 Å². The molecule has 4 rings (SSSR count). The Morgan fingerprint density at radius 2 is 1.74 bits per heavy atom. The molecule has 4 heteroatoms. The normalized spacial score (nSPS) is 47.8. The molecule has 0 radical (unpaired) electrons. The van der Waals surface area contributed by atoms with Gasteiger partial charge in [-0.25, -0.2) is 0 Å². The molecule has 31 heavy (non-hydrogen) atoms. The van der Waals surface area contributed by atoms with Gasteiger partial charge in [-0.15, -0.1) is 0 Å². The van der Waals surface area contributed by atoms with Crippen LogP contribution in [0.5, 0.6) is 0 Å². The summed E-state index contributed by atoms with van der Waals surface area (Å²) in [5.41, 5.74) is 9.67. The lowest BCUT2D eigenvalue weighted by molar-refractivity contribution is -0.136. The molecule has 0 bridgehead atoms. The van der Waals surface area contributed by atoms with Gasteiger partial charge in [0.15, 0.2) is 0 Å². The largest absolute Gasteiger partial charge is 0.393 e. The molecule has 0 aromatic rings. The third-order valence-electron chi connectivity index (χ3n) is 11.1. The quantitative estimate of drug-likeness (QED) is 0.261. The maximum Gasteiger partial charge on any atom is 0.0636 e. The molecule has 0 aromatic carbocycles. The van der Waals surface area contributed by atoms with Crippen LogP contribution in [0.25, 0.3) is 10.4 Å². The van der Waals surface area contributed by atoms with Gasteiger partial charge < -0.3 is 5.11 Å². The summed E-state index contributed by atoms with van der Waals surface area (Å²) >= 11 is 0. The number of fused-ring (bicyclic) bond motifs is 5. The highest BCUT2D eigenvalue weighted by atomic mass is 16.3. The third kappa shape index (κ3) is 4.05. The van der Waals surface area contributed by atoms with Crippen LogP contribution >= 0.6 is 0 Å². The predicted molar refractivity (Wildman–Crippen MR) is 127 cm³/mol. The van der Waals surface area contributed by atoms with Gasteiger partial charge in [-0.1, -0.05) is 59.0 Å². The number of hydrogen-bond donors (Lipinski definition) is 1. The van der Waals surface area contributed by atoms with Crippen molar-refractivity contribution in [2.45, 2.75) is 117 Å². The van der Waals surface area contributed by atoms with Crippen LogP contribution < -0.4 is 0 Å². The predicted octanol–water partition coefficient (Wildman–Crippen LogP) is 7.76. The lowest BCUT2D eigenvalue weighted by atomic mass is 9.44. The Bertz CT molecular complexity index is 688. The van der Waals surface area contributed by atoms with Crippen molar-refractivity contribution in [3.8, 4) is 0 Å². The zero-order valence-corrected chi connectivity index (χ0v) is 20.8. The number of hydrogen-bond acceptors (Lipinski definition) is 2. The van der Waals surface area contributed by atoms with Gasteiger partial charge >= 0.3 is 0 Å². The summed E-state index contributed by atoms with van der Waals surface area (Å²) in [6.07, 6.45) is 13.7. The highest BCUT2D eigenvalue weighted by Crippen LogP contribution is 2.68. The smallest absolute Gasteiger partial charge is 0.0636 e. The fraction of sp³-hybridized carbons (Fsp3) is 1.00. The van der Waals surface area contributed by atoms with E-state index in [2.05, 4.69) is 44.6 Å². The summed E-state index contributed by atoms with van der Waals surface area (Å²) in [5.74, 6) is 5.69. The minimum Gasteiger partial charge on any atom is -0.393 e. The van der Waals surface area contributed by atoms with Gasteiger partial charge in [-0.05, 0) is 109 Å². The van der Waals surface area contributed by atoms with E-state index in [0.717, 1.165) is 48.3 Å². The topological polar surface area (TPSA) is 69.0 Å². The zero-order chi connectivity index (χ0) is 22.4. The van der Waals surface area contributed by atoms with E-state index in [1.807, 2.05) is 0 Å². The fourth-order valence-electron chi connectivity index (χ4n) is 9.49. The van der Waals surface area contributed by atoms with Crippen LogP contribution in [0.15, 0.2) is 5.11 Å². The van der Waals surface area contributed by atoms with E-state index in [9.17, 15) is 5.11 Å². The van der Waals surface area contributed by atoms with Crippen LogP contribution in [-0.2, 0) is 0 Å². The second kappa shape index (κ2) is 8.90. The SMILES string of the molecule is CC(C)CCC[C@@H](C)[C@H]1CC[C@H]2[C@@H]3CCC4C[C@H](N=[N+]=[N-])[C@@H](O)C[C@]4(C)[C@H]3CC[C@]12C. The van der Waals surface area contributed by atoms with Crippen LogP contribution in [0.4, 0.5) is 0 Å². The van der Waals surface area contributed by atoms with E-state index < -0.39 is 6.10 Å². The molecule has 4 aliphatic carbocycles. The number of nitrogens with zero attached hydrogens (tertiary/aromatic N) is 3. The summed E-state index contributed by atoms with van der Waals surface area (Å²) in [7, 11) is 0. The number of azide groups is 1. The van der Waals surface area contributed by atoms with Crippen LogP contribution in [0.2, 0.25) is 0 Å². The maximum atomic E-state index is 10.8. The lowest BCUT2D eigenvalue weighted by Gasteiger charge is -2.62. The van der Waals surface area contributed by atoms with Crippen molar-refractivity contribution in [1.29, 1.82) is 0 Å². The van der Waals surface area contributed by atoms with Crippen molar-refractivity contribution in [3.05, 3.63) is 10.4 Å². The molecule has 4 saturated carbocycles. The molecule has 4 fully saturated rings. The van der Waals surface area contributed by atoms with Gasteiger partial charge in [-0.2, -0.15) is 0 Å². The molecule has 0 aliphatic heterocycles. The zero-order valence-electron chi connectivity index (χ0n) is 20.8. The van der Waals surface area contributed by atoms with E-state index in [4.69, 9.17) is 5.53 Å². The lowest BCUT2D eigenvalue weighted by Crippen LogP contribution is -2.56. The van der Waals surface area contributed by atoms with Crippen molar-refractivity contribution < 1.29 is 5.11 Å². The Labute approximate surface area is 190 Å². The first kappa shape index (κ1) is 23.4. The Kier molecular flexibility index (Phi) is 6.73. The van der Waals surface area contributed by atoms with Crippen molar-refractivity contribution >= 4 is 0 Å². The van der Waals surface area contributed by atoms with Crippen LogP contribution in [0, 0.1) is 52.3 Å². The molecule has 0 amide bonds. The average molecular weight is 430 g/mol. The standard InChI is InChI=1S/C27H47N3O/c1-17(2)7-6-8-18(3)21-11-12-22-20-10-9-19-15-24(29-30-28)25(31)16-27(19,5)23(20)13-14-26(21,22)4/h17-25,31H,6-16H2,1-5H3/t18-,19?,20+,21-,22+,23+,24+,25+,26-,27+/m1/s1. The second-order valence-corrected chi connectivity index (χ2v) is 13.0. The Hall–Kier alpha value is -0.730. The van der Waals surface area contributed by atoms with E-state index >= 15 is 0 Å². The molecule has 0 saturated heterocycles. The molecule has 10 atom stereocenters. The van der Waals surface area contributed by atoms with E-state index in [-0.39, 0.29) is 11.5 Å². The molecule has 4 aliphatic rings. The highest BCUT2D eigenvalue weighted by molar-refractivity contribution is 5.11. The van der Waals surface area contributed by atoms with Gasteiger partial charge in [-0.3, -0.25) is 0 Å². The van der Waals surface area contributed by atoms with Crippen LogP contribution in [0.1, 0.15) is 105 Å². The summed E-state index contributed by atoms with van der Waals surface area (Å²) in [6.45, 7) is 12.4. The molecule has 4 nitrogen and oxygen atoms in total. The monoisotopic (exact) mass is 429 g/mol. The van der Waals surface area contributed by atoms with Crippen molar-refractivity contribution in [2.24, 2.45) is 57.4 Å². The van der Waals surface area contributed by atoms with E-state index in [1.165, 1.54) is 57.8 Å². The first-order chi connectivity index (χ1) is 14.7. The number of aliphatic hydroxyl groups is 1. The van der Waals surface area contributed by atoms with E-state index in [1.54, 1.807) is 0 Å². The molecule has 1 unspecified atom stereocenters. The summed E-state index contributed by atoms with van der Waals surface area (Å²) < 4.78 is 0. The summed E-state index contributed by atoms with van der Waals surface area (Å²) in [5, 5.41) is 14.8. The molecule has 1 N–H and O–H groups in total. The van der Waals surface area contributed by atoms with Crippen LogP contribution in [-0.4, -0.2) is 17.3 Å². The highest BCUT2D eigenvalue weighted by Gasteiger charge is 2.61. The maximum absolute atomic E-state index is 10.8. The van der Waals surface area contributed by atoms with Gasteiger partial charge in [0.2, 0.25) is 0 Å². The third-order valence-corrected chi connectivity index (χ3v) is 11.1. The second-order valence-electron chi connectivity index (χ2n) is 13.0. The molecule has 0 heterocycles.